The molecule has 4 rings (SSSR count). The predicted octanol–water partition coefficient (Wildman–Crippen LogP) is 2.84. The highest BCUT2D eigenvalue weighted by Gasteiger charge is 2.21. The summed E-state index contributed by atoms with van der Waals surface area (Å²) in [6, 6.07) is 3.78. The van der Waals surface area contributed by atoms with Crippen LogP contribution in [0.1, 0.15) is 40.2 Å². The summed E-state index contributed by atoms with van der Waals surface area (Å²) in [6.45, 7) is 3.17. The van der Waals surface area contributed by atoms with Crippen LogP contribution >= 0.6 is 11.3 Å². The van der Waals surface area contributed by atoms with E-state index in [0.29, 0.717) is 17.1 Å². The van der Waals surface area contributed by atoms with Crippen molar-refractivity contribution in [1.82, 2.24) is 30.3 Å². The molecule has 7 nitrogen and oxygen atoms in total. The van der Waals surface area contributed by atoms with Crippen molar-refractivity contribution in [3.63, 3.8) is 0 Å². The maximum absolute atomic E-state index is 12.5. The minimum atomic E-state index is -0.128. The number of aromatic nitrogens is 5. The molecule has 3 aromatic heterocycles. The second kappa shape index (κ2) is 7.33. The van der Waals surface area contributed by atoms with Crippen LogP contribution < -0.4 is 5.32 Å². The van der Waals surface area contributed by atoms with Gasteiger partial charge >= 0.3 is 0 Å². The zero-order valence-electron chi connectivity index (χ0n) is 14.6. The van der Waals surface area contributed by atoms with Gasteiger partial charge in [0.05, 0.1) is 11.9 Å². The smallest absolute Gasteiger partial charge is 0.263 e. The molecule has 0 aliphatic heterocycles. The summed E-state index contributed by atoms with van der Waals surface area (Å²) in [5.41, 5.74) is 2.39. The lowest BCUT2D eigenvalue weighted by molar-refractivity contribution is 0.0954. The van der Waals surface area contributed by atoms with Gasteiger partial charge < -0.3 is 5.32 Å². The van der Waals surface area contributed by atoms with Crippen LogP contribution in [0.3, 0.4) is 0 Å². The molecular weight excluding hydrogens is 348 g/mol. The second-order valence-corrected chi connectivity index (χ2v) is 7.58. The van der Waals surface area contributed by atoms with Gasteiger partial charge in [-0.05, 0) is 30.9 Å². The van der Waals surface area contributed by atoms with Crippen LogP contribution in [-0.4, -0.2) is 30.9 Å². The quantitative estimate of drug-likeness (QED) is 0.693. The van der Waals surface area contributed by atoms with Crippen LogP contribution in [0.15, 0.2) is 30.7 Å². The Bertz CT molecular complexity index is 900. The number of hydrogen-bond acceptors (Lipinski definition) is 6. The summed E-state index contributed by atoms with van der Waals surface area (Å²) in [5.74, 6) is 0.732. The Balaban J connectivity index is 1.42. The van der Waals surface area contributed by atoms with Crippen LogP contribution in [0.2, 0.25) is 0 Å². The molecule has 0 spiro atoms. The zero-order chi connectivity index (χ0) is 17.9. The first kappa shape index (κ1) is 16.8. The molecule has 1 aliphatic carbocycles. The maximum atomic E-state index is 12.5. The van der Waals surface area contributed by atoms with Gasteiger partial charge in [-0.3, -0.25) is 14.5 Å². The maximum Gasteiger partial charge on any atom is 0.263 e. The monoisotopic (exact) mass is 368 g/mol. The zero-order valence-corrected chi connectivity index (χ0v) is 15.4. The molecule has 1 amide bonds. The summed E-state index contributed by atoms with van der Waals surface area (Å²) in [7, 11) is 0. The van der Waals surface area contributed by atoms with E-state index in [1.54, 1.807) is 12.4 Å². The van der Waals surface area contributed by atoms with Crippen LogP contribution in [0.5, 0.6) is 0 Å². The number of aryl methyl sites for hydroxylation is 2. The third kappa shape index (κ3) is 3.96. The Hall–Kier alpha value is -2.61. The number of carbonyl (C=O) groups excluding carboxylic acids is 1. The molecule has 134 valence electrons. The number of rotatable bonds is 7. The molecule has 0 unspecified atom stereocenters. The van der Waals surface area contributed by atoms with Crippen LogP contribution in [0.4, 0.5) is 0 Å². The fourth-order valence-corrected chi connectivity index (χ4v) is 3.64. The lowest BCUT2D eigenvalue weighted by Crippen LogP contribution is -2.22. The SMILES string of the molecule is Cc1nc(-c2cn(CCC3CC3)nn2)sc1C(=O)NCc1cccnc1. The van der Waals surface area contributed by atoms with E-state index in [9.17, 15) is 4.79 Å². The first-order valence-electron chi connectivity index (χ1n) is 8.74. The minimum Gasteiger partial charge on any atom is -0.347 e. The molecule has 1 saturated carbocycles. The largest absolute Gasteiger partial charge is 0.347 e. The number of pyridine rings is 1. The molecule has 0 saturated heterocycles. The van der Waals surface area contributed by atoms with Crippen LogP contribution in [-0.2, 0) is 13.1 Å². The summed E-state index contributed by atoms with van der Waals surface area (Å²) in [4.78, 5) is 21.6. The van der Waals surface area contributed by atoms with Crippen molar-refractivity contribution in [2.24, 2.45) is 5.92 Å². The van der Waals surface area contributed by atoms with E-state index < -0.39 is 0 Å². The highest BCUT2D eigenvalue weighted by molar-refractivity contribution is 7.17. The van der Waals surface area contributed by atoms with Crippen molar-refractivity contribution in [2.45, 2.75) is 39.3 Å². The summed E-state index contributed by atoms with van der Waals surface area (Å²) >= 11 is 1.35. The third-order valence-electron chi connectivity index (χ3n) is 4.40. The van der Waals surface area contributed by atoms with E-state index in [1.165, 1.54) is 24.2 Å². The third-order valence-corrected chi connectivity index (χ3v) is 5.58. The molecule has 3 heterocycles. The number of carbonyl (C=O) groups is 1. The molecule has 1 fully saturated rings. The highest BCUT2D eigenvalue weighted by atomic mass is 32.1. The lowest BCUT2D eigenvalue weighted by atomic mass is 10.3. The van der Waals surface area contributed by atoms with Gasteiger partial charge in [0.25, 0.3) is 5.91 Å². The van der Waals surface area contributed by atoms with Gasteiger partial charge in [-0.1, -0.05) is 24.1 Å². The molecule has 8 heteroatoms. The number of nitrogens with zero attached hydrogens (tertiary/aromatic N) is 5. The Labute approximate surface area is 155 Å². The van der Waals surface area contributed by atoms with E-state index in [2.05, 4.69) is 25.6 Å². The number of nitrogens with one attached hydrogen (secondary N) is 1. The molecular formula is C18H20N6OS. The van der Waals surface area contributed by atoms with Gasteiger partial charge in [-0.2, -0.15) is 0 Å². The topological polar surface area (TPSA) is 85.6 Å². The van der Waals surface area contributed by atoms with Crippen molar-refractivity contribution in [2.75, 3.05) is 0 Å². The van der Waals surface area contributed by atoms with Gasteiger partial charge in [0.1, 0.15) is 15.6 Å². The molecule has 0 aromatic carbocycles. The summed E-state index contributed by atoms with van der Waals surface area (Å²) in [6.07, 6.45) is 9.20. The first-order valence-corrected chi connectivity index (χ1v) is 9.56. The van der Waals surface area contributed by atoms with E-state index in [0.717, 1.165) is 35.1 Å². The van der Waals surface area contributed by atoms with E-state index >= 15 is 0 Å². The van der Waals surface area contributed by atoms with E-state index in [1.807, 2.05) is 29.9 Å². The first-order chi connectivity index (χ1) is 12.7. The van der Waals surface area contributed by atoms with Crippen molar-refractivity contribution >= 4 is 17.2 Å². The minimum absolute atomic E-state index is 0.128. The molecule has 0 radical (unpaired) electrons. The van der Waals surface area contributed by atoms with Gasteiger partial charge in [0.2, 0.25) is 0 Å². The Kier molecular flexibility index (Phi) is 4.75. The van der Waals surface area contributed by atoms with Crippen LogP contribution in [0.25, 0.3) is 10.7 Å². The predicted molar refractivity (Wildman–Crippen MR) is 98.6 cm³/mol. The standard InChI is InChI=1S/C18H20N6OS/c1-12-16(17(25)20-10-14-3-2-7-19-9-14)26-18(21-12)15-11-24(23-22-15)8-6-13-4-5-13/h2-3,7,9,11,13H,4-6,8,10H2,1H3,(H,20,25). The van der Waals surface area contributed by atoms with Gasteiger partial charge in [0, 0.05) is 25.5 Å². The number of amides is 1. The van der Waals surface area contributed by atoms with E-state index in [-0.39, 0.29) is 5.91 Å². The fraction of sp³-hybridized carbons (Fsp3) is 0.389. The summed E-state index contributed by atoms with van der Waals surface area (Å²) in [5, 5.41) is 12.0. The molecule has 26 heavy (non-hydrogen) atoms. The number of hydrogen-bond donors (Lipinski definition) is 1. The Morgan fingerprint density at radius 1 is 1.42 bits per heavy atom. The van der Waals surface area contributed by atoms with Crippen molar-refractivity contribution in [3.8, 4) is 10.7 Å². The van der Waals surface area contributed by atoms with Crippen LogP contribution in [0, 0.1) is 12.8 Å². The number of thiazole rings is 1. The lowest BCUT2D eigenvalue weighted by Gasteiger charge is -2.03. The van der Waals surface area contributed by atoms with Crippen molar-refractivity contribution in [3.05, 3.63) is 46.9 Å². The molecule has 1 aliphatic rings. The average Bonchev–Trinajstić information content (AvgIpc) is 3.23. The Morgan fingerprint density at radius 3 is 3.08 bits per heavy atom. The molecule has 3 aromatic rings. The van der Waals surface area contributed by atoms with Gasteiger partial charge in [-0.25, -0.2) is 4.98 Å². The summed E-state index contributed by atoms with van der Waals surface area (Å²) < 4.78 is 1.87. The highest BCUT2D eigenvalue weighted by Crippen LogP contribution is 2.33. The molecule has 1 N–H and O–H groups in total. The average molecular weight is 368 g/mol. The van der Waals surface area contributed by atoms with Gasteiger partial charge in [-0.15, -0.1) is 16.4 Å². The normalized spacial score (nSPS) is 13.7. The second-order valence-electron chi connectivity index (χ2n) is 6.58. The molecule has 0 atom stereocenters. The van der Waals surface area contributed by atoms with E-state index in [4.69, 9.17) is 0 Å². The molecule has 0 bridgehead atoms. The van der Waals surface area contributed by atoms with Gasteiger partial charge in [0.15, 0.2) is 0 Å². The Morgan fingerprint density at radius 2 is 2.31 bits per heavy atom. The van der Waals surface area contributed by atoms with Crippen molar-refractivity contribution < 1.29 is 4.79 Å². The van der Waals surface area contributed by atoms with Crippen molar-refractivity contribution in [1.29, 1.82) is 0 Å². The fourth-order valence-electron chi connectivity index (χ4n) is 2.71.